The summed E-state index contributed by atoms with van der Waals surface area (Å²) in [4.78, 5) is 0. The number of hydrogen-bond acceptors (Lipinski definition) is 5. The van der Waals surface area contributed by atoms with Gasteiger partial charge in [0.05, 0.1) is 6.61 Å². The molecule has 2 N–H and O–H groups in total. The number of hydrogen-bond donors (Lipinski definition) is 2. The maximum absolute atomic E-state index is 10.1. The predicted octanol–water partition coefficient (Wildman–Crippen LogP) is 1.31. The van der Waals surface area contributed by atoms with E-state index in [0.717, 1.165) is 11.1 Å². The van der Waals surface area contributed by atoms with Gasteiger partial charge in [0.25, 0.3) is 0 Å². The van der Waals surface area contributed by atoms with E-state index in [0.29, 0.717) is 37.2 Å². The van der Waals surface area contributed by atoms with Gasteiger partial charge in [-0.05, 0) is 25.0 Å². The number of rotatable bonds is 3. The molecule has 2 rings (SSSR count). The molecule has 1 unspecified atom stereocenters. The molecular weight excluding hydrogens is 242 g/mol. The molecule has 1 fully saturated rings. The molecule has 0 aromatic carbocycles. The molecule has 1 saturated heterocycles. The van der Waals surface area contributed by atoms with Crippen molar-refractivity contribution in [2.24, 2.45) is 0 Å². The van der Waals surface area contributed by atoms with Crippen molar-refractivity contribution in [3.63, 3.8) is 0 Å². The van der Waals surface area contributed by atoms with Crippen LogP contribution in [0.3, 0.4) is 0 Å². The van der Waals surface area contributed by atoms with Crippen LogP contribution in [0, 0.1) is 13.8 Å². The van der Waals surface area contributed by atoms with E-state index in [1.54, 1.807) is 0 Å². The molecular formula is C11H16ClN3O2. The van der Waals surface area contributed by atoms with Crippen LogP contribution in [0.5, 0.6) is 0 Å². The summed E-state index contributed by atoms with van der Waals surface area (Å²) in [6.07, 6.45) is 0.638. The molecule has 0 amide bonds. The Labute approximate surface area is 105 Å². The van der Waals surface area contributed by atoms with Crippen molar-refractivity contribution in [2.75, 3.05) is 25.1 Å². The van der Waals surface area contributed by atoms with E-state index in [1.165, 1.54) is 0 Å². The predicted molar refractivity (Wildman–Crippen MR) is 65.4 cm³/mol. The van der Waals surface area contributed by atoms with Gasteiger partial charge in [0, 0.05) is 19.6 Å². The highest BCUT2D eigenvalue weighted by molar-refractivity contribution is 6.30. The minimum absolute atomic E-state index is 0.360. The number of aromatic nitrogens is 2. The molecule has 0 saturated carbocycles. The van der Waals surface area contributed by atoms with Crippen LogP contribution < -0.4 is 5.32 Å². The van der Waals surface area contributed by atoms with E-state index in [4.69, 9.17) is 16.3 Å². The fraction of sp³-hybridized carbons (Fsp3) is 0.636. The van der Waals surface area contributed by atoms with E-state index in [-0.39, 0.29) is 0 Å². The lowest BCUT2D eigenvalue weighted by Gasteiger charge is -2.21. The van der Waals surface area contributed by atoms with Gasteiger partial charge in [-0.2, -0.15) is 0 Å². The van der Waals surface area contributed by atoms with E-state index >= 15 is 0 Å². The van der Waals surface area contributed by atoms with E-state index < -0.39 is 5.60 Å². The molecule has 0 bridgehead atoms. The maximum atomic E-state index is 10.1. The number of halogens is 1. The van der Waals surface area contributed by atoms with Crippen molar-refractivity contribution in [1.82, 2.24) is 10.2 Å². The summed E-state index contributed by atoms with van der Waals surface area (Å²) in [5, 5.41) is 21.5. The van der Waals surface area contributed by atoms with Crippen molar-refractivity contribution in [3.05, 3.63) is 16.3 Å². The average molecular weight is 258 g/mol. The van der Waals surface area contributed by atoms with Gasteiger partial charge in [-0.25, -0.2) is 0 Å². The van der Waals surface area contributed by atoms with Crippen molar-refractivity contribution < 1.29 is 9.84 Å². The molecule has 94 valence electrons. The molecule has 1 aliphatic heterocycles. The highest BCUT2D eigenvalue weighted by Crippen LogP contribution is 2.23. The highest BCUT2D eigenvalue weighted by Gasteiger charge is 2.32. The summed E-state index contributed by atoms with van der Waals surface area (Å²) in [6, 6.07) is 0. The van der Waals surface area contributed by atoms with E-state index in [9.17, 15) is 5.11 Å². The first-order chi connectivity index (χ1) is 8.02. The second-order valence-corrected chi connectivity index (χ2v) is 4.83. The average Bonchev–Trinajstić information content (AvgIpc) is 2.73. The van der Waals surface area contributed by atoms with Gasteiger partial charge in [-0.3, -0.25) is 0 Å². The van der Waals surface area contributed by atoms with Gasteiger partial charge in [0.1, 0.15) is 5.60 Å². The van der Waals surface area contributed by atoms with Crippen LogP contribution in [0.25, 0.3) is 0 Å². The first kappa shape index (κ1) is 12.5. The summed E-state index contributed by atoms with van der Waals surface area (Å²) in [5.74, 6) is 0.659. The molecule has 0 spiro atoms. The number of aliphatic hydroxyl groups is 1. The molecule has 1 aromatic rings. The Kier molecular flexibility index (Phi) is 3.51. The molecule has 2 heterocycles. The van der Waals surface area contributed by atoms with Gasteiger partial charge in [0.2, 0.25) is 0 Å². The first-order valence-electron chi connectivity index (χ1n) is 5.55. The Morgan fingerprint density at radius 1 is 1.41 bits per heavy atom. The highest BCUT2D eigenvalue weighted by atomic mass is 35.5. The minimum atomic E-state index is -0.804. The third kappa shape index (κ3) is 2.68. The summed E-state index contributed by atoms with van der Waals surface area (Å²) in [7, 11) is 0. The zero-order valence-corrected chi connectivity index (χ0v) is 10.7. The zero-order valence-electron chi connectivity index (χ0n) is 9.96. The fourth-order valence-corrected chi connectivity index (χ4v) is 1.91. The van der Waals surface area contributed by atoms with Crippen LogP contribution in [0.4, 0.5) is 5.82 Å². The number of ether oxygens (including phenoxy) is 1. The van der Waals surface area contributed by atoms with Gasteiger partial charge in [-0.1, -0.05) is 11.6 Å². The Hall–Kier alpha value is -0.910. The number of nitrogens with zero attached hydrogens (tertiary/aromatic N) is 2. The van der Waals surface area contributed by atoms with Crippen LogP contribution in [0.15, 0.2) is 0 Å². The summed E-state index contributed by atoms with van der Waals surface area (Å²) >= 11 is 5.87. The smallest absolute Gasteiger partial charge is 0.155 e. The van der Waals surface area contributed by atoms with Crippen molar-refractivity contribution >= 4 is 17.4 Å². The number of nitrogens with one attached hydrogen (secondary N) is 1. The van der Waals surface area contributed by atoms with Gasteiger partial charge in [0.15, 0.2) is 11.0 Å². The molecule has 0 radical (unpaired) electrons. The number of anilines is 1. The van der Waals surface area contributed by atoms with Crippen molar-refractivity contribution in [3.8, 4) is 0 Å². The van der Waals surface area contributed by atoms with Gasteiger partial charge < -0.3 is 15.2 Å². The van der Waals surface area contributed by atoms with Crippen LogP contribution >= 0.6 is 11.6 Å². The molecule has 1 aliphatic rings. The first-order valence-corrected chi connectivity index (χ1v) is 5.93. The zero-order chi connectivity index (χ0) is 12.5. The maximum Gasteiger partial charge on any atom is 0.155 e. The molecule has 17 heavy (non-hydrogen) atoms. The SMILES string of the molecule is Cc1c(Cl)nnc(NCC2(O)CCOC2)c1C. The Morgan fingerprint density at radius 2 is 2.18 bits per heavy atom. The standard InChI is InChI=1S/C11H16ClN3O2/c1-7-8(2)10(15-14-9(7)12)13-5-11(16)3-4-17-6-11/h16H,3-6H2,1-2H3,(H,13,15). The van der Waals surface area contributed by atoms with E-state index in [1.807, 2.05) is 13.8 Å². The third-order valence-electron chi connectivity index (χ3n) is 3.13. The summed E-state index contributed by atoms with van der Waals surface area (Å²) < 4.78 is 5.17. The van der Waals surface area contributed by atoms with Crippen LogP contribution in [-0.4, -0.2) is 40.7 Å². The quantitative estimate of drug-likeness (QED) is 0.855. The van der Waals surface area contributed by atoms with Crippen molar-refractivity contribution in [1.29, 1.82) is 0 Å². The third-order valence-corrected chi connectivity index (χ3v) is 3.49. The Bertz CT molecular complexity index is 419. The normalized spacial score (nSPS) is 24.0. The molecule has 6 heteroatoms. The van der Waals surface area contributed by atoms with Gasteiger partial charge >= 0.3 is 0 Å². The van der Waals surface area contributed by atoms with Gasteiger partial charge in [-0.15, -0.1) is 10.2 Å². The monoisotopic (exact) mass is 257 g/mol. The molecule has 1 atom stereocenters. The fourth-order valence-electron chi connectivity index (χ4n) is 1.73. The van der Waals surface area contributed by atoms with Crippen LogP contribution in [0.1, 0.15) is 17.5 Å². The molecule has 5 nitrogen and oxygen atoms in total. The second kappa shape index (κ2) is 4.76. The Morgan fingerprint density at radius 3 is 2.82 bits per heavy atom. The topological polar surface area (TPSA) is 67.3 Å². The largest absolute Gasteiger partial charge is 0.386 e. The lowest BCUT2D eigenvalue weighted by atomic mass is 10.0. The minimum Gasteiger partial charge on any atom is -0.386 e. The summed E-state index contributed by atoms with van der Waals surface area (Å²) in [5.41, 5.74) is 1.05. The molecule has 0 aliphatic carbocycles. The van der Waals surface area contributed by atoms with Crippen LogP contribution in [0.2, 0.25) is 5.15 Å². The lowest BCUT2D eigenvalue weighted by molar-refractivity contribution is 0.0381. The second-order valence-electron chi connectivity index (χ2n) is 4.47. The Balaban J connectivity index is 2.06. The molecule has 1 aromatic heterocycles. The van der Waals surface area contributed by atoms with Crippen molar-refractivity contribution in [2.45, 2.75) is 25.9 Å². The summed E-state index contributed by atoms with van der Waals surface area (Å²) in [6.45, 7) is 5.18. The van der Waals surface area contributed by atoms with E-state index in [2.05, 4.69) is 15.5 Å². The van der Waals surface area contributed by atoms with Crippen LogP contribution in [-0.2, 0) is 4.74 Å². The lowest BCUT2D eigenvalue weighted by Crippen LogP contribution is -2.37.